The number of thioether (sulfide) groups is 1. The summed E-state index contributed by atoms with van der Waals surface area (Å²) >= 11 is 14.7. The van der Waals surface area contributed by atoms with Crippen LogP contribution in [-0.2, 0) is 17.1 Å². The Balaban J connectivity index is 1.66. The Bertz CT molecular complexity index is 569. The molecule has 1 aromatic carbocycles. The summed E-state index contributed by atoms with van der Waals surface area (Å²) in [6.45, 7) is 0.539. The van der Waals surface area contributed by atoms with Gasteiger partial charge in [-0.25, -0.2) is 0 Å². The van der Waals surface area contributed by atoms with Crippen LogP contribution in [-0.4, -0.2) is 11.7 Å². The number of benzene rings is 1. The van der Waals surface area contributed by atoms with E-state index in [0.717, 1.165) is 25.6 Å². The standard InChI is InChI=1S/C14H13Cl2NOS2/c15-11-3-1-10(2-4-11)8-19-9-14(18)17-7-12-5-6-13(16)20-12/h1-6H,7-9H2,(H,17,18). The van der Waals surface area contributed by atoms with E-state index in [1.807, 2.05) is 36.4 Å². The minimum Gasteiger partial charge on any atom is -0.350 e. The van der Waals surface area contributed by atoms with E-state index in [0.29, 0.717) is 12.3 Å². The average molecular weight is 346 g/mol. The molecule has 2 aromatic rings. The molecule has 1 aromatic heterocycles. The second-order valence-corrected chi connectivity index (χ2v) is 7.32. The topological polar surface area (TPSA) is 29.1 Å². The lowest BCUT2D eigenvalue weighted by Gasteiger charge is -2.04. The third-order valence-electron chi connectivity index (χ3n) is 2.50. The Kier molecular flexibility index (Phi) is 6.23. The summed E-state index contributed by atoms with van der Waals surface area (Å²) in [7, 11) is 0. The second-order valence-electron chi connectivity index (χ2n) is 4.10. The van der Waals surface area contributed by atoms with Crippen LogP contribution in [0.25, 0.3) is 0 Å². The van der Waals surface area contributed by atoms with Gasteiger partial charge in [0.2, 0.25) is 5.91 Å². The van der Waals surface area contributed by atoms with Crippen molar-refractivity contribution >= 4 is 52.2 Å². The van der Waals surface area contributed by atoms with E-state index < -0.39 is 0 Å². The lowest BCUT2D eigenvalue weighted by Crippen LogP contribution is -2.24. The first kappa shape index (κ1) is 15.7. The maximum absolute atomic E-state index is 11.7. The molecular weight excluding hydrogens is 333 g/mol. The number of carbonyl (C=O) groups is 1. The van der Waals surface area contributed by atoms with Gasteiger partial charge in [0, 0.05) is 15.7 Å². The van der Waals surface area contributed by atoms with Crippen molar-refractivity contribution in [3.8, 4) is 0 Å². The molecule has 2 rings (SSSR count). The number of thiophene rings is 1. The Labute approximate surface area is 136 Å². The molecule has 20 heavy (non-hydrogen) atoms. The van der Waals surface area contributed by atoms with Crippen molar-refractivity contribution in [2.24, 2.45) is 0 Å². The van der Waals surface area contributed by atoms with Crippen molar-refractivity contribution in [1.29, 1.82) is 0 Å². The van der Waals surface area contributed by atoms with Crippen molar-refractivity contribution in [2.45, 2.75) is 12.3 Å². The predicted octanol–water partition coefficient (Wildman–Crippen LogP) is 4.60. The highest BCUT2D eigenvalue weighted by atomic mass is 35.5. The molecule has 0 spiro atoms. The third-order valence-corrected chi connectivity index (χ3v) is 4.99. The van der Waals surface area contributed by atoms with Gasteiger partial charge in [0.15, 0.2) is 0 Å². The molecular formula is C14H13Cl2NOS2. The molecule has 0 radical (unpaired) electrons. The molecule has 0 aliphatic rings. The van der Waals surface area contributed by atoms with Crippen LogP contribution >= 0.6 is 46.3 Å². The SMILES string of the molecule is O=C(CSCc1ccc(Cl)cc1)NCc1ccc(Cl)s1. The van der Waals surface area contributed by atoms with E-state index in [1.54, 1.807) is 11.8 Å². The zero-order valence-corrected chi connectivity index (χ0v) is 13.7. The maximum Gasteiger partial charge on any atom is 0.230 e. The van der Waals surface area contributed by atoms with Gasteiger partial charge < -0.3 is 5.32 Å². The molecule has 0 aliphatic heterocycles. The molecule has 0 atom stereocenters. The molecule has 0 unspecified atom stereocenters. The van der Waals surface area contributed by atoms with E-state index in [1.165, 1.54) is 11.3 Å². The predicted molar refractivity (Wildman–Crippen MR) is 88.8 cm³/mol. The first-order valence-corrected chi connectivity index (χ1v) is 8.69. The summed E-state index contributed by atoms with van der Waals surface area (Å²) < 4.78 is 0.742. The molecule has 0 bridgehead atoms. The maximum atomic E-state index is 11.7. The van der Waals surface area contributed by atoms with Crippen LogP contribution < -0.4 is 5.32 Å². The lowest BCUT2D eigenvalue weighted by molar-refractivity contribution is -0.118. The number of hydrogen-bond acceptors (Lipinski definition) is 3. The van der Waals surface area contributed by atoms with E-state index in [-0.39, 0.29) is 5.91 Å². The van der Waals surface area contributed by atoms with Crippen molar-refractivity contribution in [2.75, 3.05) is 5.75 Å². The minimum absolute atomic E-state index is 0.0356. The van der Waals surface area contributed by atoms with Gasteiger partial charge in [0.05, 0.1) is 16.6 Å². The Morgan fingerprint density at radius 3 is 2.55 bits per heavy atom. The summed E-state index contributed by atoms with van der Waals surface area (Å²) in [5.41, 5.74) is 1.16. The fourth-order valence-corrected chi connectivity index (χ4v) is 3.50. The first-order chi connectivity index (χ1) is 9.63. The Morgan fingerprint density at radius 1 is 1.15 bits per heavy atom. The van der Waals surface area contributed by atoms with Gasteiger partial charge in [0.1, 0.15) is 0 Å². The second kappa shape index (κ2) is 7.93. The third kappa shape index (κ3) is 5.37. The number of hydrogen-bond donors (Lipinski definition) is 1. The van der Waals surface area contributed by atoms with Crippen LogP contribution in [0.3, 0.4) is 0 Å². The molecule has 106 valence electrons. The highest BCUT2D eigenvalue weighted by Gasteiger charge is 2.04. The molecule has 1 N–H and O–H groups in total. The van der Waals surface area contributed by atoms with Gasteiger partial charge >= 0.3 is 0 Å². The van der Waals surface area contributed by atoms with Gasteiger partial charge in [-0.2, -0.15) is 0 Å². The number of rotatable bonds is 6. The van der Waals surface area contributed by atoms with Gasteiger partial charge in [-0.15, -0.1) is 23.1 Å². The van der Waals surface area contributed by atoms with Crippen molar-refractivity contribution < 1.29 is 4.79 Å². The molecule has 2 nitrogen and oxygen atoms in total. The summed E-state index contributed by atoms with van der Waals surface area (Å²) in [4.78, 5) is 12.7. The van der Waals surface area contributed by atoms with E-state index in [4.69, 9.17) is 23.2 Å². The number of halogens is 2. The fraction of sp³-hybridized carbons (Fsp3) is 0.214. The number of amides is 1. The summed E-state index contributed by atoms with van der Waals surface area (Å²) in [5, 5.41) is 3.61. The summed E-state index contributed by atoms with van der Waals surface area (Å²) in [6, 6.07) is 11.4. The summed E-state index contributed by atoms with van der Waals surface area (Å²) in [6.07, 6.45) is 0. The minimum atomic E-state index is 0.0356. The molecule has 1 amide bonds. The molecule has 6 heteroatoms. The molecule has 0 saturated carbocycles. The largest absolute Gasteiger partial charge is 0.350 e. The van der Waals surface area contributed by atoms with Gasteiger partial charge in [0.25, 0.3) is 0 Å². The summed E-state index contributed by atoms with van der Waals surface area (Å²) in [5.74, 6) is 1.28. The number of carbonyl (C=O) groups excluding carboxylic acids is 1. The molecule has 1 heterocycles. The molecule has 0 fully saturated rings. The van der Waals surface area contributed by atoms with Gasteiger partial charge in [-0.3, -0.25) is 4.79 Å². The van der Waals surface area contributed by atoms with Gasteiger partial charge in [-0.05, 0) is 29.8 Å². The van der Waals surface area contributed by atoms with Crippen molar-refractivity contribution in [3.05, 3.63) is 56.2 Å². The normalized spacial score (nSPS) is 10.5. The van der Waals surface area contributed by atoms with Crippen LogP contribution in [0.15, 0.2) is 36.4 Å². The zero-order valence-electron chi connectivity index (χ0n) is 10.6. The van der Waals surface area contributed by atoms with E-state index in [2.05, 4.69) is 5.32 Å². The van der Waals surface area contributed by atoms with Crippen LogP contribution in [0, 0.1) is 0 Å². The smallest absolute Gasteiger partial charge is 0.230 e. The Hall–Kier alpha value is -0.680. The Morgan fingerprint density at radius 2 is 1.90 bits per heavy atom. The molecule has 0 saturated heterocycles. The van der Waals surface area contributed by atoms with Crippen molar-refractivity contribution in [1.82, 2.24) is 5.32 Å². The first-order valence-electron chi connectivity index (χ1n) is 5.96. The highest BCUT2D eigenvalue weighted by molar-refractivity contribution is 7.99. The van der Waals surface area contributed by atoms with Crippen LogP contribution in [0.4, 0.5) is 0 Å². The highest BCUT2D eigenvalue weighted by Crippen LogP contribution is 2.21. The van der Waals surface area contributed by atoms with Crippen molar-refractivity contribution in [3.63, 3.8) is 0 Å². The van der Waals surface area contributed by atoms with Crippen LogP contribution in [0.5, 0.6) is 0 Å². The van der Waals surface area contributed by atoms with E-state index in [9.17, 15) is 4.79 Å². The van der Waals surface area contributed by atoms with Crippen LogP contribution in [0.1, 0.15) is 10.4 Å². The van der Waals surface area contributed by atoms with Crippen LogP contribution in [0.2, 0.25) is 9.36 Å². The quantitative estimate of drug-likeness (QED) is 0.828. The lowest BCUT2D eigenvalue weighted by atomic mass is 10.2. The zero-order chi connectivity index (χ0) is 14.4. The molecule has 0 aliphatic carbocycles. The van der Waals surface area contributed by atoms with Gasteiger partial charge in [-0.1, -0.05) is 35.3 Å². The average Bonchev–Trinajstić information content (AvgIpc) is 2.85. The number of nitrogens with one attached hydrogen (secondary N) is 1. The fourth-order valence-electron chi connectivity index (χ4n) is 1.53. The monoisotopic (exact) mass is 345 g/mol. The van der Waals surface area contributed by atoms with E-state index >= 15 is 0 Å².